The highest BCUT2D eigenvalue weighted by molar-refractivity contribution is 6.91. The van der Waals surface area contributed by atoms with E-state index in [1.165, 1.54) is 0 Å². The monoisotopic (exact) mass is 490 g/mol. The van der Waals surface area contributed by atoms with Crippen molar-refractivity contribution in [3.63, 3.8) is 0 Å². The van der Waals surface area contributed by atoms with Crippen LogP contribution in [-0.4, -0.2) is 65.6 Å². The molecule has 0 aromatic carbocycles. The Balaban J connectivity index is 0.000000580. The van der Waals surface area contributed by atoms with E-state index in [4.69, 9.17) is 29.4 Å². The minimum absolute atomic E-state index is 1.38. The van der Waals surface area contributed by atoms with Crippen LogP contribution in [0.1, 0.15) is 0 Å². The van der Waals surface area contributed by atoms with Gasteiger partial charge in [0.25, 0.3) is 0 Å². The van der Waals surface area contributed by atoms with Crippen LogP contribution < -0.4 is 0 Å². The maximum atomic E-state index is 6.14. The fourth-order valence-electron chi connectivity index (χ4n) is 3.02. The van der Waals surface area contributed by atoms with Crippen LogP contribution in [0.5, 0.6) is 0 Å². The molecule has 0 unspecified atom stereocenters. The molecule has 0 spiro atoms. The average molecular weight is 491 g/mol. The Kier molecular flexibility index (Phi) is 9.80. The Hall–Kier alpha value is 1.02. The molecule has 0 atom stereocenters. The first-order valence-electron chi connectivity index (χ1n) is 9.27. The van der Waals surface area contributed by atoms with Crippen LogP contribution in [0.25, 0.3) is 0 Å². The predicted molar refractivity (Wildman–Crippen MR) is 124 cm³/mol. The van der Waals surface area contributed by atoms with Crippen molar-refractivity contribution in [2.45, 2.75) is 78.6 Å². The van der Waals surface area contributed by atoms with Gasteiger partial charge >= 0.3 is 43.0 Å². The molecule has 0 aromatic heterocycles. The van der Waals surface area contributed by atoms with Gasteiger partial charge in [0.05, 0.1) is 0 Å². The molecule has 164 valence electrons. The molecular weight excluding hydrogens is 449 g/mol. The van der Waals surface area contributed by atoms with Crippen molar-refractivity contribution in [1.82, 2.24) is 0 Å². The van der Waals surface area contributed by atoms with Crippen molar-refractivity contribution >= 4 is 51.4 Å². The van der Waals surface area contributed by atoms with E-state index in [0.29, 0.717) is 0 Å². The lowest BCUT2D eigenvalue weighted by atomic mass is 11.8. The van der Waals surface area contributed by atoms with Crippen molar-refractivity contribution in [2.75, 3.05) is 14.2 Å². The lowest BCUT2D eigenvalue weighted by molar-refractivity contribution is 0.153. The highest BCUT2D eigenvalue weighted by Crippen LogP contribution is 2.30. The zero-order valence-electron chi connectivity index (χ0n) is 19.9. The van der Waals surface area contributed by atoms with E-state index in [1.54, 1.807) is 14.2 Å². The van der Waals surface area contributed by atoms with Gasteiger partial charge in [-0.15, -0.1) is 0 Å². The molecule has 1 heterocycles. The van der Waals surface area contributed by atoms with Gasteiger partial charge in [-0.25, -0.2) is 0 Å². The zero-order valence-corrected chi connectivity index (χ0v) is 25.9. The lowest BCUT2D eigenvalue weighted by Gasteiger charge is -2.46. The molecule has 0 N–H and O–H groups in total. The second-order valence-corrected chi connectivity index (χ2v) is 31.5. The Morgan fingerprint density at radius 3 is 1.15 bits per heavy atom. The quantitative estimate of drug-likeness (QED) is 0.535. The average Bonchev–Trinajstić information content (AvgIpc) is 2.30. The maximum Gasteiger partial charge on any atom is 0.479 e. The standard InChI is InChI=1S/C8H24O5Si4.C6H18O2Si2/c1-9-17(8)12-15(4,5)10-14(2,3)11-16(6,7)13-17;1-7-10(5,6)8-9(2,3)4/h1-8H3;1-6H3. The van der Waals surface area contributed by atoms with E-state index >= 15 is 0 Å². The van der Waals surface area contributed by atoms with Crippen molar-refractivity contribution in [2.24, 2.45) is 0 Å². The van der Waals surface area contributed by atoms with Gasteiger partial charge in [-0.3, -0.25) is 0 Å². The Morgan fingerprint density at radius 2 is 0.926 bits per heavy atom. The summed E-state index contributed by atoms with van der Waals surface area (Å²) >= 11 is 0. The van der Waals surface area contributed by atoms with Gasteiger partial charge < -0.3 is 29.4 Å². The van der Waals surface area contributed by atoms with E-state index in [9.17, 15) is 0 Å². The summed E-state index contributed by atoms with van der Waals surface area (Å²) in [6.45, 7) is 24.7. The zero-order chi connectivity index (χ0) is 21.9. The molecule has 1 aliphatic rings. The molecule has 1 fully saturated rings. The second-order valence-electron chi connectivity index (χ2n) is 9.49. The van der Waals surface area contributed by atoms with E-state index in [0.717, 1.165) is 0 Å². The molecule has 1 rings (SSSR count). The Bertz CT molecular complexity index is 457. The van der Waals surface area contributed by atoms with E-state index < -0.39 is 51.4 Å². The fourth-order valence-corrected chi connectivity index (χ4v) is 28.7. The first-order chi connectivity index (χ1) is 11.7. The third-order valence-corrected chi connectivity index (χ3v) is 24.2. The van der Waals surface area contributed by atoms with E-state index in [-0.39, 0.29) is 0 Å². The summed E-state index contributed by atoms with van der Waals surface area (Å²) < 4.78 is 41.0. The highest BCUT2D eigenvalue weighted by Gasteiger charge is 2.53. The highest BCUT2D eigenvalue weighted by atomic mass is 28.5. The van der Waals surface area contributed by atoms with Crippen LogP contribution in [0, 0.1) is 0 Å². The van der Waals surface area contributed by atoms with Gasteiger partial charge in [-0.1, -0.05) is 0 Å². The first kappa shape index (κ1) is 28.0. The molecule has 13 heteroatoms. The molecule has 7 nitrogen and oxygen atoms in total. The largest absolute Gasteiger partial charge is 0.479 e. The van der Waals surface area contributed by atoms with E-state index in [2.05, 4.69) is 32.7 Å². The summed E-state index contributed by atoms with van der Waals surface area (Å²) in [6, 6.07) is 0. The van der Waals surface area contributed by atoms with Crippen molar-refractivity contribution in [3.8, 4) is 0 Å². The van der Waals surface area contributed by atoms with Crippen LogP contribution in [-0.2, 0) is 29.4 Å². The lowest BCUT2D eigenvalue weighted by Crippen LogP contribution is -2.65. The molecule has 1 aliphatic heterocycles. The molecule has 0 radical (unpaired) electrons. The SMILES string of the molecule is CO[Si](C)(C)O[Si](C)(C)C.CO[Si]1(C)O[Si](C)(C)O[Si](C)(C)O[Si](C)(C)O1. The molecule has 0 aliphatic carbocycles. The number of hydrogen-bond acceptors (Lipinski definition) is 7. The van der Waals surface area contributed by atoms with Gasteiger partial charge in [0, 0.05) is 20.8 Å². The molecular formula is C14H42O7Si6. The number of rotatable bonds is 4. The van der Waals surface area contributed by atoms with Crippen LogP contribution >= 0.6 is 0 Å². The third-order valence-electron chi connectivity index (χ3n) is 3.26. The summed E-state index contributed by atoms with van der Waals surface area (Å²) in [4.78, 5) is 0. The summed E-state index contributed by atoms with van der Waals surface area (Å²) in [5.41, 5.74) is 0. The van der Waals surface area contributed by atoms with Crippen molar-refractivity contribution in [3.05, 3.63) is 0 Å². The van der Waals surface area contributed by atoms with Crippen LogP contribution in [0.3, 0.4) is 0 Å². The third kappa shape index (κ3) is 12.3. The minimum atomic E-state index is -2.63. The molecule has 27 heavy (non-hydrogen) atoms. The predicted octanol–water partition coefficient (Wildman–Crippen LogP) is 4.57. The van der Waals surface area contributed by atoms with Crippen molar-refractivity contribution < 1.29 is 29.4 Å². The van der Waals surface area contributed by atoms with E-state index in [1.807, 2.05) is 45.8 Å². The topological polar surface area (TPSA) is 64.6 Å². The van der Waals surface area contributed by atoms with Crippen LogP contribution in [0.15, 0.2) is 0 Å². The fraction of sp³-hybridized carbons (Fsp3) is 1.00. The van der Waals surface area contributed by atoms with Crippen molar-refractivity contribution in [1.29, 1.82) is 0 Å². The minimum Gasteiger partial charge on any atom is -0.436 e. The summed E-state index contributed by atoms with van der Waals surface area (Å²) in [5.74, 6) is 0. The van der Waals surface area contributed by atoms with Gasteiger partial charge in [0.15, 0.2) is 8.32 Å². The summed E-state index contributed by atoms with van der Waals surface area (Å²) in [7, 11) is -9.09. The van der Waals surface area contributed by atoms with Crippen LogP contribution in [0.4, 0.5) is 0 Å². The molecule has 0 amide bonds. The second kappa shape index (κ2) is 9.44. The van der Waals surface area contributed by atoms with Crippen LogP contribution in [0.2, 0.25) is 78.6 Å². The normalized spacial score (nSPS) is 24.2. The van der Waals surface area contributed by atoms with Gasteiger partial charge in [0.1, 0.15) is 0 Å². The summed E-state index contributed by atoms with van der Waals surface area (Å²) in [5, 5.41) is 0. The van der Waals surface area contributed by atoms with Gasteiger partial charge in [-0.05, 0) is 72.0 Å². The Morgan fingerprint density at radius 1 is 0.593 bits per heavy atom. The molecule has 1 saturated heterocycles. The number of hydrogen-bond donors (Lipinski definition) is 0. The smallest absolute Gasteiger partial charge is 0.436 e. The first-order valence-corrected chi connectivity index (χ1v) is 26.2. The summed E-state index contributed by atoms with van der Waals surface area (Å²) in [6.07, 6.45) is 0. The van der Waals surface area contributed by atoms with Gasteiger partial charge in [-0.2, -0.15) is 0 Å². The van der Waals surface area contributed by atoms with Gasteiger partial charge in [0.2, 0.25) is 0 Å². The maximum absolute atomic E-state index is 6.14. The molecule has 0 bridgehead atoms. The Labute approximate surface area is 173 Å². The molecule has 0 saturated carbocycles. The molecule has 0 aromatic rings.